The number of aromatic nitrogens is 3. The average Bonchev–Trinajstić information content (AvgIpc) is 2.89. The van der Waals surface area contributed by atoms with Crippen molar-refractivity contribution in [2.45, 2.75) is 38.5 Å². The quantitative estimate of drug-likeness (QED) is 0.150. The summed E-state index contributed by atoms with van der Waals surface area (Å²) < 4.78 is 0. The van der Waals surface area contributed by atoms with E-state index < -0.39 is 5.78 Å². The van der Waals surface area contributed by atoms with Crippen LogP contribution in [0.4, 0.5) is 23.5 Å². The zero-order valence-corrected chi connectivity index (χ0v) is 24.1. The molecule has 5 rings (SSSR count). The van der Waals surface area contributed by atoms with Crippen LogP contribution in [0, 0.1) is 0 Å². The Morgan fingerprint density at radius 1 is 0.683 bits per heavy atom. The lowest BCUT2D eigenvalue weighted by Gasteiger charge is -2.30. The molecule has 2 fully saturated rings. The number of halogens is 1. The van der Waals surface area contributed by atoms with Gasteiger partial charge in [-0.3, -0.25) is 4.79 Å². The number of carbonyl (C=O) groups is 1. The normalized spacial score (nSPS) is 14.1. The van der Waals surface area contributed by atoms with E-state index in [-0.39, 0.29) is 71.1 Å². The van der Waals surface area contributed by atoms with E-state index >= 15 is 0 Å². The van der Waals surface area contributed by atoms with Crippen molar-refractivity contribution in [1.29, 1.82) is 0 Å². The monoisotopic (exact) mass is 602 g/mol. The number of ketones is 1. The highest BCUT2D eigenvalue weighted by atomic mass is 35.5. The number of phenolic OH excluding ortho intramolecular Hbond substituents is 3. The van der Waals surface area contributed by atoms with Gasteiger partial charge in [0.15, 0.2) is 5.78 Å². The van der Waals surface area contributed by atoms with Gasteiger partial charge in [-0.1, -0.05) is 0 Å². The molecule has 0 radical (unpaired) electrons. The van der Waals surface area contributed by atoms with Crippen LogP contribution in [0.3, 0.4) is 0 Å². The molecule has 15 heteroatoms. The number of piperidine rings is 2. The number of benzene rings is 2. The van der Waals surface area contributed by atoms with Crippen molar-refractivity contribution in [3.05, 3.63) is 47.5 Å². The maximum atomic E-state index is 12.8. The smallest absolute Gasteiger partial charge is 0.233 e. The number of phenols is 3. The maximum absolute atomic E-state index is 12.8. The summed E-state index contributed by atoms with van der Waals surface area (Å²) in [5.74, 6) is 0.342. The van der Waals surface area contributed by atoms with Gasteiger partial charge < -0.3 is 55.0 Å². The fourth-order valence-electron chi connectivity index (χ4n) is 4.67. The van der Waals surface area contributed by atoms with E-state index in [9.17, 15) is 20.1 Å². The third-order valence-electron chi connectivity index (χ3n) is 6.61. The molecule has 0 amide bonds. The van der Waals surface area contributed by atoms with Crippen molar-refractivity contribution in [3.8, 4) is 17.2 Å². The van der Waals surface area contributed by atoms with Gasteiger partial charge in [-0.2, -0.15) is 15.0 Å². The zero-order valence-electron chi connectivity index (χ0n) is 23.3. The average molecular weight is 603 g/mol. The van der Waals surface area contributed by atoms with E-state index in [1.807, 2.05) is 0 Å². The largest absolute Gasteiger partial charge is 0.508 e. The highest BCUT2D eigenvalue weighted by molar-refractivity contribution is 6.12. The van der Waals surface area contributed by atoms with Crippen molar-refractivity contribution in [2.24, 2.45) is 0 Å². The molecule has 1 aromatic heterocycles. The molecule has 41 heavy (non-hydrogen) atoms. The number of hydrogen-bond donors (Lipinski definition) is 8. The summed E-state index contributed by atoms with van der Waals surface area (Å²) in [5.41, 5.74) is 0.526. The minimum absolute atomic E-state index is 0. The molecule has 14 nitrogen and oxygen atoms in total. The van der Waals surface area contributed by atoms with E-state index in [2.05, 4.69) is 25.1 Å². The molecule has 0 bridgehead atoms. The van der Waals surface area contributed by atoms with Gasteiger partial charge in [-0.05, 0) is 62.8 Å². The van der Waals surface area contributed by atoms with E-state index in [1.54, 1.807) is 6.07 Å². The van der Waals surface area contributed by atoms with Gasteiger partial charge >= 0.3 is 0 Å². The number of rotatable bonds is 6. The summed E-state index contributed by atoms with van der Waals surface area (Å²) in [4.78, 5) is 31.3. The molecule has 3 heterocycles. The second-order valence-electron chi connectivity index (χ2n) is 9.24. The lowest BCUT2D eigenvalue weighted by atomic mass is 10.0. The first-order valence-corrected chi connectivity index (χ1v) is 12.4. The summed E-state index contributed by atoms with van der Waals surface area (Å²) in [6.45, 7) is 3.63. The lowest BCUT2D eigenvalue weighted by Crippen LogP contribution is -2.34. The molecule has 2 aliphatic heterocycles. The third-order valence-corrected chi connectivity index (χ3v) is 6.61. The van der Waals surface area contributed by atoms with Crippen molar-refractivity contribution < 1.29 is 25.8 Å². The second-order valence-corrected chi connectivity index (χ2v) is 9.24. The zero-order chi connectivity index (χ0) is 25.1. The van der Waals surface area contributed by atoms with Crippen molar-refractivity contribution in [1.82, 2.24) is 39.6 Å². The van der Waals surface area contributed by atoms with Crippen molar-refractivity contribution in [2.75, 3.05) is 41.3 Å². The van der Waals surface area contributed by atoms with Gasteiger partial charge in [-0.25, -0.2) is 0 Å². The molecule has 236 valence electrons. The molecule has 0 aliphatic carbocycles. The van der Waals surface area contributed by atoms with Gasteiger partial charge in [0.2, 0.25) is 17.8 Å². The van der Waals surface area contributed by atoms with Crippen molar-refractivity contribution in [3.63, 3.8) is 0 Å². The van der Waals surface area contributed by atoms with Gasteiger partial charge in [0.05, 0.1) is 11.1 Å². The Morgan fingerprint density at radius 3 is 1.61 bits per heavy atom. The van der Waals surface area contributed by atoms with Crippen LogP contribution in [0.1, 0.15) is 60.2 Å². The maximum Gasteiger partial charge on any atom is 0.233 e. The number of aromatic hydroxyl groups is 3. The molecule has 0 unspecified atom stereocenters. The molecule has 2 saturated heterocycles. The predicted molar refractivity (Wildman–Crippen MR) is 172 cm³/mol. The molecule has 0 spiro atoms. The van der Waals surface area contributed by atoms with Gasteiger partial charge in [0.25, 0.3) is 0 Å². The topological polar surface area (TPSA) is 275 Å². The first-order chi connectivity index (χ1) is 17.5. The molecule has 2 aromatic carbocycles. The van der Waals surface area contributed by atoms with E-state index in [4.69, 9.17) is 4.98 Å². The van der Waals surface area contributed by atoms with E-state index in [0.29, 0.717) is 23.5 Å². The van der Waals surface area contributed by atoms with Gasteiger partial charge in [-0.15, -0.1) is 12.4 Å². The molecule has 2 aliphatic rings. The standard InChI is InChI=1S/C26H30N6O4.ClH.4H3N.4H2/c33-18-8-10-20(22(35)16-18)23(36)19-9-7-17(15-21(19)34)27-24-28-25(31-11-3-1-4-12-31)30-26(29-24)32-13-5-2-6-14-32;;;;;;;;;/h7-10,15-16,33-35H,1-6,11-14H2,(H,27,28,29,30);1H;4*1H3;4*1H. The first kappa shape index (κ1) is 37.0. The van der Waals surface area contributed by atoms with Crippen LogP contribution in [0.2, 0.25) is 0 Å². The molecule has 3 aromatic rings. The highest BCUT2D eigenvalue weighted by Gasteiger charge is 2.21. The molecular weight excluding hydrogens is 552 g/mol. The summed E-state index contributed by atoms with van der Waals surface area (Å²) in [6, 6.07) is 8.25. The minimum Gasteiger partial charge on any atom is -0.508 e. The summed E-state index contributed by atoms with van der Waals surface area (Å²) in [7, 11) is 0. The Hall–Kier alpha value is -3.95. The van der Waals surface area contributed by atoms with E-state index in [1.165, 1.54) is 37.1 Å². The number of nitrogens with one attached hydrogen (secondary N) is 1. The summed E-state index contributed by atoms with van der Waals surface area (Å²) >= 11 is 0. The van der Waals surface area contributed by atoms with Gasteiger partial charge in [0, 0.05) is 49.7 Å². The van der Waals surface area contributed by atoms with E-state index in [0.717, 1.165) is 57.9 Å². The molecular formula is C26H51ClN10O4. The van der Waals surface area contributed by atoms with Gasteiger partial charge in [0.1, 0.15) is 17.2 Å². The third kappa shape index (κ3) is 8.52. The lowest BCUT2D eigenvalue weighted by molar-refractivity contribution is 0.103. The first-order valence-electron chi connectivity index (χ1n) is 12.4. The SMILES string of the molecule is Cl.N.N.N.N.O=C(c1ccc(O)cc1O)c1ccc(Nc2nc(N3CCCCC3)nc(N3CCCCC3)n2)cc1O.[HH].[HH].[HH].[HH]. The number of nitrogens with zero attached hydrogens (tertiary/aromatic N) is 5. The van der Waals surface area contributed by atoms with Crippen molar-refractivity contribution >= 4 is 41.7 Å². The fraction of sp³-hybridized carbons (Fsp3) is 0.385. The van der Waals surface area contributed by atoms with Crippen LogP contribution in [0.5, 0.6) is 17.2 Å². The Balaban J connectivity index is -0.000000593. The Morgan fingerprint density at radius 2 is 1.15 bits per heavy atom. The number of carbonyl (C=O) groups excluding carboxylic acids is 1. The Bertz CT molecular complexity index is 1250. The van der Waals surface area contributed by atoms with Crippen LogP contribution in [-0.2, 0) is 0 Å². The molecule has 0 atom stereocenters. The Labute approximate surface area is 251 Å². The summed E-state index contributed by atoms with van der Waals surface area (Å²) in [6.07, 6.45) is 6.83. The van der Waals surface area contributed by atoms with Crippen LogP contribution in [0.15, 0.2) is 36.4 Å². The highest BCUT2D eigenvalue weighted by Crippen LogP contribution is 2.31. The summed E-state index contributed by atoms with van der Waals surface area (Å²) in [5, 5.41) is 33.3. The van der Waals surface area contributed by atoms with Crippen LogP contribution in [-0.4, -0.2) is 62.2 Å². The molecule has 16 N–H and O–H groups in total. The minimum atomic E-state index is -0.559. The Kier molecular flexibility index (Phi) is 14.8. The molecule has 0 saturated carbocycles. The predicted octanol–water partition coefficient (Wildman–Crippen LogP) is 6.00. The fourth-order valence-corrected chi connectivity index (χ4v) is 4.67. The second kappa shape index (κ2) is 16.3. The van der Waals surface area contributed by atoms with Crippen LogP contribution in [0.25, 0.3) is 0 Å². The van der Waals surface area contributed by atoms with Crippen LogP contribution < -0.4 is 39.7 Å². The number of hydrogen-bond acceptors (Lipinski definition) is 14. The number of anilines is 4. The van der Waals surface area contributed by atoms with Crippen LogP contribution >= 0.6 is 12.4 Å².